The number of rotatable bonds is 7. The van der Waals surface area contributed by atoms with Crippen molar-refractivity contribution >= 4 is 23.4 Å². The average Bonchev–Trinajstić information content (AvgIpc) is 3.23. The van der Waals surface area contributed by atoms with Crippen LogP contribution in [0.25, 0.3) is 17.1 Å². The first-order valence-corrected chi connectivity index (χ1v) is 12.0. The molecule has 4 aromatic rings. The summed E-state index contributed by atoms with van der Waals surface area (Å²) in [4.78, 5) is 12.8. The molecule has 0 aliphatic heterocycles. The van der Waals surface area contributed by atoms with Crippen molar-refractivity contribution < 1.29 is 4.79 Å². The summed E-state index contributed by atoms with van der Waals surface area (Å²) < 4.78 is 2.02. The molecule has 0 fully saturated rings. The molecular formula is C27H28N4OS. The zero-order valence-corrected chi connectivity index (χ0v) is 20.2. The van der Waals surface area contributed by atoms with E-state index in [0.717, 1.165) is 28.3 Å². The number of carbonyl (C=O) groups excluding carboxylic acids is 1. The van der Waals surface area contributed by atoms with Crippen molar-refractivity contribution in [2.75, 3.05) is 11.1 Å². The molecule has 33 heavy (non-hydrogen) atoms. The monoisotopic (exact) mass is 456 g/mol. The second kappa shape index (κ2) is 10.0. The Hall–Kier alpha value is -3.38. The van der Waals surface area contributed by atoms with E-state index in [-0.39, 0.29) is 11.7 Å². The van der Waals surface area contributed by atoms with E-state index in [1.807, 2.05) is 34.9 Å². The van der Waals surface area contributed by atoms with Gasteiger partial charge in [0.2, 0.25) is 5.91 Å². The van der Waals surface area contributed by atoms with Gasteiger partial charge in [-0.3, -0.25) is 9.36 Å². The Morgan fingerprint density at radius 1 is 0.909 bits per heavy atom. The zero-order chi connectivity index (χ0) is 23.4. The Bertz CT molecular complexity index is 1240. The van der Waals surface area contributed by atoms with Gasteiger partial charge in [-0.15, -0.1) is 10.2 Å². The van der Waals surface area contributed by atoms with E-state index < -0.39 is 0 Å². The first-order valence-electron chi connectivity index (χ1n) is 11.0. The second-order valence-electron chi connectivity index (χ2n) is 8.42. The van der Waals surface area contributed by atoms with Gasteiger partial charge in [0.1, 0.15) is 0 Å². The highest BCUT2D eigenvalue weighted by Crippen LogP contribution is 2.29. The number of thioether (sulfide) groups is 1. The first kappa shape index (κ1) is 22.8. The van der Waals surface area contributed by atoms with Crippen molar-refractivity contribution in [3.63, 3.8) is 0 Å². The highest BCUT2D eigenvalue weighted by atomic mass is 32.2. The molecular weight excluding hydrogens is 428 g/mol. The number of carbonyl (C=O) groups is 1. The topological polar surface area (TPSA) is 59.8 Å². The van der Waals surface area contributed by atoms with Gasteiger partial charge in [0.15, 0.2) is 11.0 Å². The number of aromatic nitrogens is 3. The lowest BCUT2D eigenvalue weighted by molar-refractivity contribution is -0.113. The third kappa shape index (κ3) is 5.34. The number of hydrogen-bond donors (Lipinski definition) is 1. The summed E-state index contributed by atoms with van der Waals surface area (Å²) in [5, 5.41) is 12.6. The fourth-order valence-corrected chi connectivity index (χ4v) is 4.36. The molecule has 168 valence electrons. The van der Waals surface area contributed by atoms with Crippen molar-refractivity contribution in [3.05, 3.63) is 89.5 Å². The Morgan fingerprint density at radius 2 is 1.55 bits per heavy atom. The van der Waals surface area contributed by atoms with Gasteiger partial charge in [0.05, 0.1) is 5.75 Å². The maximum Gasteiger partial charge on any atom is 0.234 e. The van der Waals surface area contributed by atoms with Crippen LogP contribution < -0.4 is 5.32 Å². The summed E-state index contributed by atoms with van der Waals surface area (Å²) >= 11 is 1.38. The van der Waals surface area contributed by atoms with Crippen LogP contribution in [-0.4, -0.2) is 26.4 Å². The molecule has 0 spiro atoms. The minimum Gasteiger partial charge on any atom is -0.325 e. The van der Waals surface area contributed by atoms with Crippen LogP contribution in [0.1, 0.15) is 36.5 Å². The van der Waals surface area contributed by atoms with Gasteiger partial charge in [0, 0.05) is 16.9 Å². The lowest BCUT2D eigenvalue weighted by Gasteiger charge is -2.14. The molecule has 0 aliphatic carbocycles. The minimum atomic E-state index is -0.0663. The van der Waals surface area contributed by atoms with E-state index in [1.165, 1.54) is 22.9 Å². The van der Waals surface area contributed by atoms with E-state index in [9.17, 15) is 4.79 Å². The number of benzene rings is 3. The van der Waals surface area contributed by atoms with Gasteiger partial charge in [-0.2, -0.15) is 0 Å². The number of anilines is 1. The predicted octanol–water partition coefficient (Wildman–Crippen LogP) is 6.41. The number of para-hydroxylation sites is 1. The summed E-state index contributed by atoms with van der Waals surface area (Å²) in [7, 11) is 0. The SMILES string of the molecule is Cc1ccc(-c2nnc(SCC(=O)Nc3ccccc3C(C)C)n2-c2ccc(C)cc2)cc1. The lowest BCUT2D eigenvalue weighted by Crippen LogP contribution is -2.16. The number of aryl methyl sites for hydroxylation is 2. The number of nitrogens with one attached hydrogen (secondary N) is 1. The summed E-state index contributed by atoms with van der Waals surface area (Å²) in [5.41, 5.74) is 6.30. The van der Waals surface area contributed by atoms with E-state index in [4.69, 9.17) is 0 Å². The van der Waals surface area contributed by atoms with Crippen LogP contribution in [0, 0.1) is 13.8 Å². The van der Waals surface area contributed by atoms with Crippen molar-refractivity contribution in [1.82, 2.24) is 14.8 Å². The molecule has 0 saturated carbocycles. The first-order chi connectivity index (χ1) is 15.9. The Morgan fingerprint density at radius 3 is 2.21 bits per heavy atom. The molecule has 0 aliphatic rings. The predicted molar refractivity (Wildman–Crippen MR) is 136 cm³/mol. The smallest absolute Gasteiger partial charge is 0.234 e. The maximum absolute atomic E-state index is 12.8. The molecule has 4 rings (SSSR count). The second-order valence-corrected chi connectivity index (χ2v) is 9.36. The third-order valence-corrected chi connectivity index (χ3v) is 6.35. The third-order valence-electron chi connectivity index (χ3n) is 5.42. The van der Waals surface area contributed by atoms with Gasteiger partial charge in [-0.25, -0.2) is 0 Å². The van der Waals surface area contributed by atoms with E-state index in [0.29, 0.717) is 11.1 Å². The largest absolute Gasteiger partial charge is 0.325 e. The molecule has 1 N–H and O–H groups in total. The standard InChI is InChI=1S/C27H28N4OS/c1-18(2)23-7-5-6-8-24(23)28-25(32)17-33-27-30-29-26(21-13-9-19(3)10-14-21)31(27)22-15-11-20(4)12-16-22/h5-16,18H,17H2,1-4H3,(H,28,32). The van der Waals surface area contributed by atoms with Gasteiger partial charge < -0.3 is 5.32 Å². The minimum absolute atomic E-state index is 0.0663. The zero-order valence-electron chi connectivity index (χ0n) is 19.4. The molecule has 5 nitrogen and oxygen atoms in total. The summed E-state index contributed by atoms with van der Waals surface area (Å²) in [6.45, 7) is 8.37. The molecule has 3 aromatic carbocycles. The fraction of sp³-hybridized carbons (Fsp3) is 0.222. The number of nitrogens with zero attached hydrogens (tertiary/aromatic N) is 3. The van der Waals surface area contributed by atoms with Crippen LogP contribution in [-0.2, 0) is 4.79 Å². The van der Waals surface area contributed by atoms with Crippen LogP contribution in [0.5, 0.6) is 0 Å². The Balaban J connectivity index is 1.59. The highest BCUT2D eigenvalue weighted by molar-refractivity contribution is 7.99. The number of amides is 1. The van der Waals surface area contributed by atoms with Crippen LogP contribution >= 0.6 is 11.8 Å². The van der Waals surface area contributed by atoms with E-state index in [1.54, 1.807) is 0 Å². The summed E-state index contributed by atoms with van der Waals surface area (Å²) in [6, 6.07) is 24.4. The normalized spacial score (nSPS) is 11.1. The van der Waals surface area contributed by atoms with E-state index >= 15 is 0 Å². The molecule has 0 radical (unpaired) electrons. The molecule has 6 heteroatoms. The van der Waals surface area contributed by atoms with Gasteiger partial charge in [0.25, 0.3) is 0 Å². The molecule has 1 aromatic heterocycles. The van der Waals surface area contributed by atoms with Crippen LogP contribution in [0.4, 0.5) is 5.69 Å². The Labute approximate surface area is 199 Å². The Kier molecular flexibility index (Phi) is 6.94. The van der Waals surface area contributed by atoms with Crippen LogP contribution in [0.15, 0.2) is 78.0 Å². The van der Waals surface area contributed by atoms with Gasteiger partial charge in [-0.1, -0.05) is 91.3 Å². The van der Waals surface area contributed by atoms with Gasteiger partial charge in [-0.05, 0) is 43.5 Å². The molecule has 0 unspecified atom stereocenters. The lowest BCUT2D eigenvalue weighted by atomic mass is 10.0. The van der Waals surface area contributed by atoms with Crippen molar-refractivity contribution in [3.8, 4) is 17.1 Å². The average molecular weight is 457 g/mol. The van der Waals surface area contributed by atoms with Crippen LogP contribution in [0.2, 0.25) is 0 Å². The summed E-state index contributed by atoms with van der Waals surface area (Å²) in [5.74, 6) is 1.26. The van der Waals surface area contributed by atoms with Crippen molar-refractivity contribution in [2.45, 2.75) is 38.8 Å². The van der Waals surface area contributed by atoms with Crippen molar-refractivity contribution in [1.29, 1.82) is 0 Å². The van der Waals surface area contributed by atoms with Crippen molar-refractivity contribution in [2.24, 2.45) is 0 Å². The maximum atomic E-state index is 12.8. The van der Waals surface area contributed by atoms with E-state index in [2.05, 4.69) is 85.7 Å². The molecule has 1 amide bonds. The molecule has 1 heterocycles. The molecule has 0 atom stereocenters. The van der Waals surface area contributed by atoms with Gasteiger partial charge >= 0.3 is 0 Å². The number of hydrogen-bond acceptors (Lipinski definition) is 4. The fourth-order valence-electron chi connectivity index (χ4n) is 3.61. The van der Waals surface area contributed by atoms with Crippen LogP contribution in [0.3, 0.4) is 0 Å². The quantitative estimate of drug-likeness (QED) is 0.327. The summed E-state index contributed by atoms with van der Waals surface area (Å²) in [6.07, 6.45) is 0. The highest BCUT2D eigenvalue weighted by Gasteiger charge is 2.18. The molecule has 0 saturated heterocycles. The molecule has 0 bridgehead atoms.